The molecule has 0 aliphatic carbocycles. The van der Waals surface area contributed by atoms with Crippen LogP contribution in [0, 0.1) is 3.57 Å². The highest BCUT2D eigenvalue weighted by molar-refractivity contribution is 14.1. The molecule has 0 spiro atoms. The number of hydrogen-bond acceptors (Lipinski definition) is 4. The van der Waals surface area contributed by atoms with E-state index in [9.17, 15) is 4.79 Å². The van der Waals surface area contributed by atoms with Crippen molar-refractivity contribution in [1.29, 1.82) is 0 Å². The van der Waals surface area contributed by atoms with Gasteiger partial charge in [-0.2, -0.15) is 0 Å². The number of carboxylic acids is 1. The Morgan fingerprint density at radius 2 is 1.90 bits per heavy atom. The molecule has 0 atom stereocenters. The van der Waals surface area contributed by atoms with Crippen molar-refractivity contribution < 1.29 is 9.90 Å². The van der Waals surface area contributed by atoms with Gasteiger partial charge in [0.05, 0.1) is 5.75 Å². The molecule has 1 heterocycles. The molecule has 0 fully saturated rings. The summed E-state index contributed by atoms with van der Waals surface area (Å²) in [5.74, 6) is -0.132. The lowest BCUT2D eigenvalue weighted by molar-refractivity contribution is -0.133. The van der Waals surface area contributed by atoms with Gasteiger partial charge >= 0.3 is 5.97 Å². The Hall–Kier alpha value is -1.09. The second-order valence-electron chi connectivity index (χ2n) is 5.50. The van der Waals surface area contributed by atoms with Gasteiger partial charge in [-0.3, -0.25) is 9.36 Å². The molecule has 1 N–H and O–H groups in total. The maximum absolute atomic E-state index is 10.8. The number of carbonyl (C=O) groups is 1. The Kier molecular flexibility index (Phi) is 4.92. The highest BCUT2D eigenvalue weighted by atomic mass is 127. The van der Waals surface area contributed by atoms with Crippen molar-refractivity contribution in [2.75, 3.05) is 5.75 Å². The van der Waals surface area contributed by atoms with E-state index in [1.807, 2.05) is 28.8 Å². The van der Waals surface area contributed by atoms with Crippen LogP contribution < -0.4 is 0 Å². The summed E-state index contributed by atoms with van der Waals surface area (Å²) in [5.41, 5.74) is 0.739. The molecule has 0 aliphatic rings. The molecule has 0 unspecified atom stereocenters. The molecule has 1 aromatic carbocycles. The van der Waals surface area contributed by atoms with Gasteiger partial charge < -0.3 is 5.11 Å². The van der Waals surface area contributed by atoms with Gasteiger partial charge in [0.25, 0.3) is 0 Å². The Labute approximate surface area is 141 Å². The molecule has 0 amide bonds. The largest absolute Gasteiger partial charge is 0.481 e. The molecule has 1 aromatic heterocycles. The fourth-order valence-corrected chi connectivity index (χ4v) is 3.08. The van der Waals surface area contributed by atoms with Gasteiger partial charge in [-0.1, -0.05) is 23.9 Å². The fraction of sp³-hybridized carbons (Fsp3) is 0.357. The van der Waals surface area contributed by atoms with Crippen molar-refractivity contribution in [2.24, 2.45) is 0 Å². The Morgan fingerprint density at radius 1 is 1.29 bits per heavy atom. The van der Waals surface area contributed by atoms with E-state index >= 15 is 0 Å². The summed E-state index contributed by atoms with van der Waals surface area (Å²) in [6, 6.07) is 8.03. The quantitative estimate of drug-likeness (QED) is 0.610. The number of benzene rings is 1. The Bertz CT molecular complexity index is 647. The van der Waals surface area contributed by atoms with Crippen molar-refractivity contribution in [3.63, 3.8) is 0 Å². The van der Waals surface area contributed by atoms with E-state index in [1.54, 1.807) is 0 Å². The normalized spacial score (nSPS) is 11.6. The average Bonchev–Trinajstić information content (AvgIpc) is 2.81. The average molecular weight is 417 g/mol. The van der Waals surface area contributed by atoms with Crippen LogP contribution in [0.2, 0.25) is 0 Å². The highest BCUT2D eigenvalue weighted by Gasteiger charge is 2.24. The number of hydrogen-bond donors (Lipinski definition) is 1. The number of thioether (sulfide) groups is 1. The van der Waals surface area contributed by atoms with Gasteiger partial charge in [0.15, 0.2) is 11.0 Å². The number of aromatic nitrogens is 3. The van der Waals surface area contributed by atoms with Crippen molar-refractivity contribution >= 4 is 40.3 Å². The maximum Gasteiger partial charge on any atom is 0.313 e. The molecular weight excluding hydrogens is 401 g/mol. The molecule has 0 saturated heterocycles. The standard InChI is InChI=1S/C14H16IN3O2S/c1-14(2,3)18-12(9-4-6-10(15)7-5-9)16-17-13(18)21-8-11(19)20/h4-7H,8H2,1-3H3,(H,19,20). The van der Waals surface area contributed by atoms with Gasteiger partial charge in [-0.05, 0) is 55.5 Å². The Balaban J connectivity index is 2.46. The minimum atomic E-state index is -0.862. The van der Waals surface area contributed by atoms with E-state index in [0.717, 1.165) is 15.0 Å². The van der Waals surface area contributed by atoms with E-state index in [-0.39, 0.29) is 11.3 Å². The smallest absolute Gasteiger partial charge is 0.313 e. The van der Waals surface area contributed by atoms with Gasteiger partial charge in [0.2, 0.25) is 0 Å². The predicted molar refractivity (Wildman–Crippen MR) is 91.5 cm³/mol. The molecule has 0 aliphatic heterocycles. The number of carboxylic acid groups (broad SMARTS) is 1. The second-order valence-corrected chi connectivity index (χ2v) is 7.69. The summed E-state index contributed by atoms with van der Waals surface area (Å²) in [7, 11) is 0. The zero-order valence-corrected chi connectivity index (χ0v) is 15.0. The number of halogens is 1. The first kappa shape index (κ1) is 16.3. The van der Waals surface area contributed by atoms with Crippen molar-refractivity contribution in [1.82, 2.24) is 14.8 Å². The molecule has 5 nitrogen and oxygen atoms in total. The monoisotopic (exact) mass is 417 g/mol. The third-order valence-corrected chi connectivity index (χ3v) is 4.36. The molecule has 2 rings (SSSR count). The van der Waals surface area contributed by atoms with Crippen LogP contribution in [0.4, 0.5) is 0 Å². The number of nitrogens with zero attached hydrogens (tertiary/aromatic N) is 3. The zero-order valence-electron chi connectivity index (χ0n) is 12.0. The van der Waals surface area contributed by atoms with Crippen LogP contribution in [0.15, 0.2) is 29.4 Å². The molecule has 21 heavy (non-hydrogen) atoms. The second kappa shape index (κ2) is 6.35. The lowest BCUT2D eigenvalue weighted by Gasteiger charge is -2.24. The topological polar surface area (TPSA) is 68.0 Å². The third kappa shape index (κ3) is 3.97. The van der Waals surface area contributed by atoms with E-state index in [1.165, 1.54) is 11.8 Å². The molecule has 0 bridgehead atoms. The molecule has 112 valence electrons. The minimum Gasteiger partial charge on any atom is -0.481 e. The van der Waals surface area contributed by atoms with Crippen LogP contribution in [0.3, 0.4) is 0 Å². The van der Waals surface area contributed by atoms with Crippen LogP contribution in [0.25, 0.3) is 11.4 Å². The third-order valence-electron chi connectivity index (χ3n) is 2.73. The van der Waals surface area contributed by atoms with Crippen LogP contribution >= 0.6 is 34.4 Å². The molecular formula is C14H16IN3O2S. The number of rotatable bonds is 4. The van der Waals surface area contributed by atoms with Crippen LogP contribution in [0.5, 0.6) is 0 Å². The summed E-state index contributed by atoms with van der Waals surface area (Å²) < 4.78 is 3.14. The van der Waals surface area contributed by atoms with Crippen LogP contribution in [-0.4, -0.2) is 31.6 Å². The lowest BCUT2D eigenvalue weighted by Crippen LogP contribution is -2.24. The van der Waals surface area contributed by atoms with Crippen molar-refractivity contribution in [3.05, 3.63) is 27.8 Å². The predicted octanol–water partition coefficient (Wildman–Crippen LogP) is 3.48. The summed E-state index contributed by atoms with van der Waals surface area (Å²) in [5, 5.41) is 17.9. The summed E-state index contributed by atoms with van der Waals surface area (Å²) in [4.78, 5) is 10.8. The van der Waals surface area contributed by atoms with Gasteiger partial charge in [-0.15, -0.1) is 10.2 Å². The van der Waals surface area contributed by atoms with Crippen LogP contribution in [0.1, 0.15) is 20.8 Å². The van der Waals surface area contributed by atoms with E-state index in [4.69, 9.17) is 5.11 Å². The minimum absolute atomic E-state index is 0.0269. The van der Waals surface area contributed by atoms with Crippen LogP contribution in [-0.2, 0) is 10.3 Å². The van der Waals surface area contributed by atoms with Gasteiger partial charge in [0.1, 0.15) is 0 Å². The first-order valence-electron chi connectivity index (χ1n) is 6.35. The first-order chi connectivity index (χ1) is 9.79. The summed E-state index contributed by atoms with van der Waals surface area (Å²) in [6.07, 6.45) is 0. The molecule has 0 saturated carbocycles. The molecule has 2 aromatic rings. The van der Waals surface area contributed by atoms with Gasteiger partial charge in [-0.25, -0.2) is 0 Å². The molecule has 0 radical (unpaired) electrons. The fourth-order valence-electron chi connectivity index (χ4n) is 1.88. The number of aliphatic carboxylic acids is 1. The summed E-state index contributed by atoms with van der Waals surface area (Å²) in [6.45, 7) is 6.16. The van der Waals surface area contributed by atoms with Gasteiger partial charge in [0, 0.05) is 14.7 Å². The van der Waals surface area contributed by atoms with E-state index < -0.39 is 5.97 Å². The SMILES string of the molecule is CC(C)(C)n1c(SCC(=O)O)nnc1-c1ccc(I)cc1. The van der Waals surface area contributed by atoms with E-state index in [0.29, 0.717) is 5.16 Å². The maximum atomic E-state index is 10.8. The van der Waals surface area contributed by atoms with Crippen molar-refractivity contribution in [3.8, 4) is 11.4 Å². The zero-order chi connectivity index (χ0) is 15.6. The molecule has 7 heteroatoms. The van der Waals surface area contributed by atoms with Crippen molar-refractivity contribution in [2.45, 2.75) is 31.5 Å². The first-order valence-corrected chi connectivity index (χ1v) is 8.42. The van der Waals surface area contributed by atoms with E-state index in [2.05, 4.69) is 53.6 Å². The Morgan fingerprint density at radius 3 is 2.43 bits per heavy atom. The summed E-state index contributed by atoms with van der Waals surface area (Å²) >= 11 is 3.44. The lowest BCUT2D eigenvalue weighted by atomic mass is 10.1. The highest BCUT2D eigenvalue weighted by Crippen LogP contribution is 2.30.